The van der Waals surface area contributed by atoms with E-state index in [9.17, 15) is 0 Å². The van der Waals surface area contributed by atoms with Crippen LogP contribution in [-0.2, 0) is 14.2 Å². The number of ether oxygens (including phenoxy) is 3. The Bertz CT molecular complexity index is 476. The van der Waals surface area contributed by atoms with Crippen LogP contribution in [-0.4, -0.2) is 39.6 Å². The van der Waals surface area contributed by atoms with Crippen molar-refractivity contribution >= 4 is 0 Å². The third-order valence-corrected chi connectivity index (χ3v) is 10.8. The molecule has 0 aromatic carbocycles. The maximum absolute atomic E-state index is 5.96. The van der Waals surface area contributed by atoms with Crippen molar-refractivity contribution in [2.24, 2.45) is 58.7 Å². The predicted molar refractivity (Wildman–Crippen MR) is 134 cm³/mol. The van der Waals surface area contributed by atoms with E-state index in [1.807, 2.05) is 21.3 Å². The van der Waals surface area contributed by atoms with Gasteiger partial charge in [-0.2, -0.15) is 0 Å². The van der Waals surface area contributed by atoms with Gasteiger partial charge in [0, 0.05) is 21.3 Å². The molecule has 188 valence electrons. The van der Waals surface area contributed by atoms with Gasteiger partial charge >= 0.3 is 0 Å². The van der Waals surface area contributed by atoms with Crippen LogP contribution in [0.15, 0.2) is 0 Å². The van der Waals surface area contributed by atoms with Gasteiger partial charge in [-0.1, -0.05) is 48.5 Å². The summed E-state index contributed by atoms with van der Waals surface area (Å²) in [7, 11) is 5.76. The lowest BCUT2D eigenvalue weighted by Gasteiger charge is -2.58. The molecule has 0 aromatic rings. The summed E-state index contributed by atoms with van der Waals surface area (Å²) < 4.78 is 17.9. The van der Waals surface area contributed by atoms with Gasteiger partial charge in [-0.25, -0.2) is 0 Å². The molecule has 0 bridgehead atoms. The number of hydrogen-bond acceptors (Lipinski definition) is 3. The second-order valence-electron chi connectivity index (χ2n) is 12.8. The van der Waals surface area contributed by atoms with Crippen molar-refractivity contribution in [1.29, 1.82) is 0 Å². The summed E-state index contributed by atoms with van der Waals surface area (Å²) in [4.78, 5) is 0. The van der Waals surface area contributed by atoms with Crippen molar-refractivity contribution in [3.05, 3.63) is 0 Å². The van der Waals surface area contributed by atoms with Gasteiger partial charge in [-0.05, 0) is 97.2 Å². The molecule has 0 saturated heterocycles. The molecule has 3 aliphatic carbocycles. The number of methoxy groups -OCH3 is 3. The second-order valence-corrected chi connectivity index (χ2v) is 12.8. The molecule has 3 heteroatoms. The smallest absolute Gasteiger partial charge is 0.0622 e. The molecule has 3 nitrogen and oxygen atoms in total. The molecule has 3 fully saturated rings. The zero-order valence-electron chi connectivity index (χ0n) is 22.9. The van der Waals surface area contributed by atoms with Crippen LogP contribution >= 0.6 is 0 Å². The third-order valence-electron chi connectivity index (χ3n) is 10.8. The van der Waals surface area contributed by atoms with Crippen molar-refractivity contribution in [2.75, 3.05) is 21.3 Å². The predicted octanol–water partition coefficient (Wildman–Crippen LogP) is 7.08. The minimum absolute atomic E-state index is 0.379. The third kappa shape index (κ3) is 4.82. The maximum atomic E-state index is 5.96. The monoisotopic (exact) mass is 450 g/mol. The first-order valence-electron chi connectivity index (χ1n) is 13.7. The van der Waals surface area contributed by atoms with Gasteiger partial charge in [0.2, 0.25) is 0 Å². The first kappa shape index (κ1) is 26.5. The Morgan fingerprint density at radius 3 is 0.781 bits per heavy atom. The van der Waals surface area contributed by atoms with Crippen LogP contribution in [0, 0.1) is 58.7 Å². The molecule has 3 rings (SSSR count). The normalized spacial score (nSPS) is 50.1. The molecule has 0 radical (unpaired) electrons. The first-order chi connectivity index (χ1) is 15.1. The number of hydrogen-bond donors (Lipinski definition) is 0. The van der Waals surface area contributed by atoms with Crippen molar-refractivity contribution in [2.45, 2.75) is 105 Å². The fourth-order valence-electron chi connectivity index (χ4n) is 9.39. The maximum Gasteiger partial charge on any atom is 0.0622 e. The van der Waals surface area contributed by atoms with E-state index in [-0.39, 0.29) is 0 Å². The van der Waals surface area contributed by atoms with Crippen molar-refractivity contribution in [1.82, 2.24) is 0 Å². The topological polar surface area (TPSA) is 27.7 Å². The van der Waals surface area contributed by atoms with Gasteiger partial charge in [0.1, 0.15) is 0 Å². The van der Waals surface area contributed by atoms with Crippen LogP contribution < -0.4 is 0 Å². The Morgan fingerprint density at radius 2 is 0.625 bits per heavy atom. The minimum Gasteiger partial charge on any atom is -0.381 e. The summed E-state index contributed by atoms with van der Waals surface area (Å²) in [6.45, 7) is 17.4. The van der Waals surface area contributed by atoms with Crippen molar-refractivity contribution in [3.63, 3.8) is 0 Å². The van der Waals surface area contributed by atoms with Gasteiger partial charge in [0.25, 0.3) is 0 Å². The van der Waals surface area contributed by atoms with Gasteiger partial charge in [-0.15, -0.1) is 0 Å². The molecule has 6 unspecified atom stereocenters. The average Bonchev–Trinajstić information content (AvgIpc) is 2.72. The first-order valence-corrected chi connectivity index (χ1v) is 13.7. The zero-order chi connectivity index (χ0) is 23.8. The summed E-state index contributed by atoms with van der Waals surface area (Å²) in [6.07, 6.45) is 9.16. The lowest BCUT2D eigenvalue weighted by molar-refractivity contribution is -0.135. The van der Waals surface area contributed by atoms with E-state index < -0.39 is 0 Å². The Labute approximate surface area is 199 Å². The fraction of sp³-hybridized carbons (Fsp3) is 1.00. The Morgan fingerprint density at radius 1 is 0.438 bits per heavy atom. The molecule has 0 heterocycles. The van der Waals surface area contributed by atoms with E-state index in [0.29, 0.717) is 59.2 Å². The highest BCUT2D eigenvalue weighted by molar-refractivity contribution is 5.03. The van der Waals surface area contributed by atoms with Gasteiger partial charge in [0.15, 0.2) is 0 Å². The van der Waals surface area contributed by atoms with Crippen LogP contribution in [0.1, 0.15) is 87.0 Å². The molecule has 6 atom stereocenters. The zero-order valence-corrected chi connectivity index (χ0v) is 22.9. The highest BCUT2D eigenvalue weighted by Crippen LogP contribution is 2.60. The Kier molecular flexibility index (Phi) is 8.81. The standard InChI is InChI=1S/C29H54O3/c1-17-11-23(12-18(2)26(17)30-8)29(7,24-13-19(3)27(31-9)20(4)14-24)25-15-21(5)28(32-10)22(6)16-25/h17-28H,11-16H2,1-10H3. The van der Waals surface area contributed by atoms with Crippen LogP contribution in [0.4, 0.5) is 0 Å². The van der Waals surface area contributed by atoms with Gasteiger partial charge in [-0.3, -0.25) is 0 Å². The molecule has 0 aliphatic heterocycles. The van der Waals surface area contributed by atoms with Crippen LogP contribution in [0.5, 0.6) is 0 Å². The summed E-state index contributed by atoms with van der Waals surface area (Å²) in [5.74, 6) is 6.20. The Hall–Kier alpha value is -0.120. The van der Waals surface area contributed by atoms with Crippen LogP contribution in [0.2, 0.25) is 0 Å². The molecule has 0 N–H and O–H groups in total. The van der Waals surface area contributed by atoms with E-state index in [1.54, 1.807) is 0 Å². The van der Waals surface area contributed by atoms with E-state index in [2.05, 4.69) is 48.5 Å². The summed E-state index contributed by atoms with van der Waals surface area (Å²) in [5, 5.41) is 0. The molecule has 0 spiro atoms. The summed E-state index contributed by atoms with van der Waals surface area (Å²) >= 11 is 0. The molecular formula is C29H54O3. The highest BCUT2D eigenvalue weighted by atomic mass is 16.5. The average molecular weight is 451 g/mol. The second kappa shape index (κ2) is 10.6. The van der Waals surface area contributed by atoms with E-state index in [0.717, 1.165) is 17.8 Å². The van der Waals surface area contributed by atoms with Crippen molar-refractivity contribution < 1.29 is 14.2 Å². The van der Waals surface area contributed by atoms with Crippen LogP contribution in [0.25, 0.3) is 0 Å². The lowest BCUT2D eigenvalue weighted by atomic mass is 9.48. The van der Waals surface area contributed by atoms with E-state index in [4.69, 9.17) is 14.2 Å². The molecule has 3 aliphatic rings. The van der Waals surface area contributed by atoms with E-state index in [1.165, 1.54) is 38.5 Å². The fourth-order valence-corrected chi connectivity index (χ4v) is 9.39. The van der Waals surface area contributed by atoms with Gasteiger partial charge < -0.3 is 14.2 Å². The molecule has 0 aromatic heterocycles. The lowest BCUT2D eigenvalue weighted by Crippen LogP contribution is -2.53. The largest absolute Gasteiger partial charge is 0.381 e. The number of rotatable bonds is 6. The van der Waals surface area contributed by atoms with Gasteiger partial charge in [0.05, 0.1) is 18.3 Å². The highest BCUT2D eigenvalue weighted by Gasteiger charge is 2.54. The quantitative estimate of drug-likeness (QED) is 0.432. The Balaban J connectivity index is 1.94. The molecule has 32 heavy (non-hydrogen) atoms. The SMILES string of the molecule is COC1C(C)CC(C(C)(C2CC(C)C(OC)C(C)C2)C2CC(C)C(OC)C(C)C2)CC1C. The molecule has 0 amide bonds. The summed E-state index contributed by atoms with van der Waals surface area (Å²) in [6, 6.07) is 0. The van der Waals surface area contributed by atoms with Crippen LogP contribution in [0.3, 0.4) is 0 Å². The van der Waals surface area contributed by atoms with Crippen molar-refractivity contribution in [3.8, 4) is 0 Å². The molecular weight excluding hydrogens is 396 g/mol. The summed E-state index contributed by atoms with van der Waals surface area (Å²) in [5.41, 5.74) is 0.379. The minimum atomic E-state index is 0.379. The molecule has 3 saturated carbocycles. The van der Waals surface area contributed by atoms with E-state index >= 15 is 0 Å².